The molecule has 0 aromatic heterocycles. The van der Waals surface area contributed by atoms with Gasteiger partial charge in [-0.15, -0.1) is 0 Å². The monoisotopic (exact) mass is 458 g/mol. The topological polar surface area (TPSA) is 0 Å². The van der Waals surface area contributed by atoms with E-state index >= 15 is 0 Å². The van der Waals surface area contributed by atoms with Crippen LogP contribution in [-0.2, 0) is 12.8 Å². The average Bonchev–Trinajstić information content (AvgIpc) is 2.94. The Morgan fingerprint density at radius 3 is 1.94 bits per heavy atom. The summed E-state index contributed by atoms with van der Waals surface area (Å²) in [5.74, 6) is 0. The van der Waals surface area contributed by atoms with E-state index in [4.69, 9.17) is 0 Å². The lowest BCUT2D eigenvalue weighted by molar-refractivity contribution is 0.690. The summed E-state index contributed by atoms with van der Waals surface area (Å²) in [6.07, 6.45) is 4.96. The van der Waals surface area contributed by atoms with E-state index in [1.807, 2.05) is 0 Å². The van der Waals surface area contributed by atoms with Gasteiger partial charge >= 0.3 is 0 Å². The van der Waals surface area contributed by atoms with Crippen molar-refractivity contribution in [2.45, 2.75) is 25.7 Å². The summed E-state index contributed by atoms with van der Waals surface area (Å²) in [6, 6.07) is 41.1. The molecule has 0 fully saturated rings. The lowest BCUT2D eigenvalue weighted by atomic mass is 9.82. The molecule has 0 heterocycles. The van der Waals surface area contributed by atoms with E-state index in [9.17, 15) is 0 Å². The number of hydrogen-bond donors (Lipinski definition) is 0. The molecule has 36 heavy (non-hydrogen) atoms. The van der Waals surface area contributed by atoms with Crippen molar-refractivity contribution in [3.63, 3.8) is 0 Å². The van der Waals surface area contributed by atoms with Crippen LogP contribution in [0.5, 0.6) is 0 Å². The van der Waals surface area contributed by atoms with Crippen molar-refractivity contribution < 1.29 is 0 Å². The van der Waals surface area contributed by atoms with E-state index < -0.39 is 0 Å². The van der Waals surface area contributed by atoms with Crippen LogP contribution in [0.3, 0.4) is 0 Å². The summed E-state index contributed by atoms with van der Waals surface area (Å²) >= 11 is 0. The molecule has 0 N–H and O–H groups in total. The molecule has 0 spiro atoms. The van der Waals surface area contributed by atoms with E-state index in [0.29, 0.717) is 0 Å². The Morgan fingerprint density at radius 2 is 1.08 bits per heavy atom. The van der Waals surface area contributed by atoms with Gasteiger partial charge in [0.2, 0.25) is 0 Å². The molecule has 0 saturated heterocycles. The van der Waals surface area contributed by atoms with Crippen molar-refractivity contribution >= 4 is 53.9 Å². The largest absolute Gasteiger partial charge is 0.0616 e. The first kappa shape index (κ1) is 20.1. The highest BCUT2D eigenvalue weighted by Crippen LogP contribution is 2.43. The summed E-state index contributed by atoms with van der Waals surface area (Å²) in [5, 5.41) is 13.4. The molecular weight excluding hydrogens is 432 g/mol. The minimum atomic E-state index is 1.19. The minimum Gasteiger partial charge on any atom is -0.0616 e. The lowest BCUT2D eigenvalue weighted by Gasteiger charge is -2.22. The number of fused-ring (bicyclic) bond motifs is 8. The number of hydrogen-bond acceptors (Lipinski definition) is 0. The summed E-state index contributed by atoms with van der Waals surface area (Å²) < 4.78 is 0. The molecule has 7 aromatic rings. The van der Waals surface area contributed by atoms with Crippen LogP contribution in [0.15, 0.2) is 109 Å². The smallest absolute Gasteiger partial charge is 0.00236 e. The van der Waals surface area contributed by atoms with Crippen LogP contribution < -0.4 is 0 Å². The van der Waals surface area contributed by atoms with Gasteiger partial charge in [0.05, 0.1) is 0 Å². The molecule has 7 aromatic carbocycles. The van der Waals surface area contributed by atoms with Crippen LogP contribution in [0, 0.1) is 0 Å². The molecule has 0 heteroatoms. The van der Waals surface area contributed by atoms with Crippen LogP contribution in [0.25, 0.3) is 65.0 Å². The van der Waals surface area contributed by atoms with E-state index in [0.717, 1.165) is 0 Å². The van der Waals surface area contributed by atoms with Gasteiger partial charge in [-0.25, -0.2) is 0 Å². The quantitative estimate of drug-likeness (QED) is 0.170. The van der Waals surface area contributed by atoms with Gasteiger partial charge < -0.3 is 0 Å². The lowest BCUT2D eigenvalue weighted by Crippen LogP contribution is -2.04. The normalized spacial score (nSPS) is 13.7. The average molecular weight is 459 g/mol. The van der Waals surface area contributed by atoms with Crippen molar-refractivity contribution in [1.29, 1.82) is 0 Å². The summed E-state index contributed by atoms with van der Waals surface area (Å²) in [6.45, 7) is 0. The molecule has 0 aliphatic heterocycles. The highest BCUT2D eigenvalue weighted by atomic mass is 14.2. The Kier molecular flexibility index (Phi) is 4.28. The van der Waals surface area contributed by atoms with E-state index in [1.165, 1.54) is 90.7 Å². The van der Waals surface area contributed by atoms with Crippen LogP contribution in [-0.4, -0.2) is 0 Å². The third kappa shape index (κ3) is 2.94. The van der Waals surface area contributed by atoms with Gasteiger partial charge in [0.15, 0.2) is 0 Å². The van der Waals surface area contributed by atoms with Crippen LogP contribution in [0.1, 0.15) is 24.0 Å². The zero-order valence-electron chi connectivity index (χ0n) is 20.2. The first-order valence-corrected chi connectivity index (χ1v) is 13.2. The Hall–Kier alpha value is -4.16. The molecule has 0 unspecified atom stereocenters. The van der Waals surface area contributed by atoms with Gasteiger partial charge in [-0.3, -0.25) is 0 Å². The molecule has 0 amide bonds. The first-order chi connectivity index (χ1) is 17.8. The maximum absolute atomic E-state index is 2.53. The zero-order valence-corrected chi connectivity index (χ0v) is 20.2. The highest BCUT2D eigenvalue weighted by molar-refractivity contribution is 6.19. The van der Waals surface area contributed by atoms with Gasteiger partial charge in [0.25, 0.3) is 0 Å². The van der Waals surface area contributed by atoms with Crippen molar-refractivity contribution in [3.8, 4) is 11.1 Å². The van der Waals surface area contributed by atoms with Crippen molar-refractivity contribution in [1.82, 2.24) is 0 Å². The fraction of sp³-hybridized carbons (Fsp3) is 0.111. The maximum atomic E-state index is 2.53. The second-order valence-electron chi connectivity index (χ2n) is 10.4. The third-order valence-corrected chi connectivity index (χ3v) is 8.34. The van der Waals surface area contributed by atoms with Gasteiger partial charge in [-0.1, -0.05) is 84.9 Å². The molecule has 170 valence electrons. The zero-order chi connectivity index (χ0) is 23.6. The summed E-state index contributed by atoms with van der Waals surface area (Å²) in [7, 11) is 0. The predicted octanol–water partition coefficient (Wildman–Crippen LogP) is 10.00. The maximum Gasteiger partial charge on any atom is -0.00236 e. The highest BCUT2D eigenvalue weighted by Gasteiger charge is 2.19. The van der Waals surface area contributed by atoms with Crippen LogP contribution >= 0.6 is 0 Å². The molecule has 0 nitrogen and oxygen atoms in total. The van der Waals surface area contributed by atoms with Crippen molar-refractivity contribution in [2.24, 2.45) is 0 Å². The van der Waals surface area contributed by atoms with Crippen LogP contribution in [0.4, 0.5) is 0 Å². The third-order valence-electron chi connectivity index (χ3n) is 8.34. The van der Waals surface area contributed by atoms with Crippen LogP contribution in [0.2, 0.25) is 0 Å². The fourth-order valence-electron chi connectivity index (χ4n) is 6.62. The van der Waals surface area contributed by atoms with E-state index in [1.54, 1.807) is 11.1 Å². The Balaban J connectivity index is 1.51. The van der Waals surface area contributed by atoms with Gasteiger partial charge in [-0.05, 0) is 126 Å². The van der Waals surface area contributed by atoms with Gasteiger partial charge in [-0.2, -0.15) is 0 Å². The standard InChI is InChI=1S/C36H26/c1-2-10-25-19-29-22-34-26(20-28(29)18-24(25)9-1)12-7-15-32(34)35-21-27-11-4-5-13-30(27)33-17-16-23-8-3-6-14-31(23)36(33)35/h1-3,6-10,12,14-22H,4-5,11,13H2. The van der Waals surface area contributed by atoms with Gasteiger partial charge in [0, 0.05) is 0 Å². The van der Waals surface area contributed by atoms with Gasteiger partial charge in [0.1, 0.15) is 0 Å². The molecule has 8 rings (SSSR count). The van der Waals surface area contributed by atoms with E-state index in [2.05, 4.69) is 109 Å². The number of rotatable bonds is 1. The van der Waals surface area contributed by atoms with Crippen molar-refractivity contribution in [2.75, 3.05) is 0 Å². The Bertz CT molecular complexity index is 1990. The minimum absolute atomic E-state index is 1.19. The second-order valence-corrected chi connectivity index (χ2v) is 10.4. The Labute approximate surface area is 210 Å². The molecule has 1 aliphatic carbocycles. The van der Waals surface area contributed by atoms with E-state index in [-0.39, 0.29) is 0 Å². The van der Waals surface area contributed by atoms with Crippen molar-refractivity contribution in [3.05, 3.63) is 120 Å². The second kappa shape index (κ2) is 7.67. The first-order valence-electron chi connectivity index (χ1n) is 13.2. The number of aryl methyl sites for hydroxylation is 2. The number of benzene rings is 7. The predicted molar refractivity (Wildman–Crippen MR) is 156 cm³/mol. The summed E-state index contributed by atoms with van der Waals surface area (Å²) in [5.41, 5.74) is 5.84. The molecular formula is C36H26. The fourth-order valence-corrected chi connectivity index (χ4v) is 6.62. The Morgan fingerprint density at radius 1 is 0.389 bits per heavy atom. The molecule has 0 saturated carbocycles. The molecule has 0 atom stereocenters. The molecule has 0 bridgehead atoms. The molecule has 0 radical (unpaired) electrons. The summed E-state index contributed by atoms with van der Waals surface area (Å²) in [4.78, 5) is 0. The molecule has 1 aliphatic rings. The SMILES string of the molecule is c1ccc2cc3cc4c(-c5cc6c(c7ccc8ccccc8c57)CCCC6)cccc4cc3cc2c1.